The molecule has 3 unspecified atom stereocenters. The number of amides is 1. The summed E-state index contributed by atoms with van der Waals surface area (Å²) in [6.07, 6.45) is -3.64. The normalized spacial score (nSPS) is 21.9. The second kappa shape index (κ2) is 15.2. The van der Waals surface area contributed by atoms with Crippen LogP contribution in [0.3, 0.4) is 0 Å². The van der Waals surface area contributed by atoms with E-state index in [9.17, 15) is 49.8 Å². The predicted molar refractivity (Wildman–Crippen MR) is 196 cm³/mol. The van der Waals surface area contributed by atoms with Crippen LogP contribution >= 0.6 is 0 Å². The number of benzene rings is 1. The number of nitrogens with one attached hydrogen (secondary N) is 1. The molecule has 1 amide bonds. The molecule has 7 rings (SSSR count). The topological polar surface area (TPSA) is 118 Å². The summed E-state index contributed by atoms with van der Waals surface area (Å²) in [6.45, 7) is 4.30. The van der Waals surface area contributed by atoms with Crippen molar-refractivity contribution < 1.29 is 49.8 Å². The number of aliphatic carboxylic acids is 1. The van der Waals surface area contributed by atoms with E-state index in [-0.39, 0.29) is 43.8 Å². The van der Waals surface area contributed by atoms with Gasteiger partial charge in [-0.2, -0.15) is 31.4 Å². The number of alkyl halides is 8. The Kier molecular flexibility index (Phi) is 10.9. The number of carboxylic acid groups (broad SMARTS) is 1. The summed E-state index contributed by atoms with van der Waals surface area (Å²) in [5, 5.41) is 17.9. The summed E-state index contributed by atoms with van der Waals surface area (Å²) in [6, 6.07) is 4.50. The van der Waals surface area contributed by atoms with Crippen molar-refractivity contribution >= 4 is 22.8 Å². The molecule has 58 heavy (non-hydrogen) atoms. The van der Waals surface area contributed by atoms with Crippen molar-refractivity contribution in [3.05, 3.63) is 59.3 Å². The first-order valence-corrected chi connectivity index (χ1v) is 19.5. The molecule has 4 aromatic rings. The van der Waals surface area contributed by atoms with Crippen molar-refractivity contribution in [2.45, 2.75) is 115 Å². The van der Waals surface area contributed by atoms with Crippen LogP contribution in [0.4, 0.5) is 35.1 Å². The molecule has 314 valence electrons. The molecule has 3 aromatic heterocycles. The summed E-state index contributed by atoms with van der Waals surface area (Å²) in [5.41, 5.74) is -1.94. The molecule has 0 spiro atoms. The number of fused-ring (bicyclic) bond motifs is 2. The van der Waals surface area contributed by atoms with Crippen molar-refractivity contribution in [3.8, 4) is 17.1 Å². The lowest BCUT2D eigenvalue weighted by Crippen LogP contribution is -2.63. The molecular weight excluding hydrogens is 778 g/mol. The fourth-order valence-corrected chi connectivity index (χ4v) is 9.35. The summed E-state index contributed by atoms with van der Waals surface area (Å²) in [7, 11) is 0. The van der Waals surface area contributed by atoms with E-state index in [0.29, 0.717) is 47.1 Å². The van der Waals surface area contributed by atoms with Crippen LogP contribution in [0.1, 0.15) is 105 Å². The van der Waals surface area contributed by atoms with Crippen molar-refractivity contribution in [2.24, 2.45) is 17.8 Å². The highest BCUT2D eigenvalue weighted by Crippen LogP contribution is 2.44. The van der Waals surface area contributed by atoms with E-state index in [4.69, 9.17) is 0 Å². The summed E-state index contributed by atoms with van der Waals surface area (Å²) in [4.78, 5) is 36.2. The molecule has 2 aliphatic carbocycles. The standard InChI is InChI=1S/C40H45F8N7O3/c1-22(2)39(36(57)58,25-6-4-5-23(3)15-25)52-35(56)29-18-49-34(51-33(29)40(46,47)48)30-20-54(26-9-12-37(41,42)13-10-26)32-16-27(7-8-28(30)32)55-31-11-14-53(21-38(43,44)45)19-24(31)17-50-55/h7-8,16-18,20,22-23,25-26H,4-6,9-15,19,21H2,1-3H3,(H,52,56)(H,57,58). The highest BCUT2D eigenvalue weighted by molar-refractivity contribution is 6.00. The molecule has 1 aromatic carbocycles. The Balaban J connectivity index is 1.28. The first-order chi connectivity index (χ1) is 27.2. The number of hydrogen-bond donors (Lipinski definition) is 2. The van der Waals surface area contributed by atoms with Crippen LogP contribution in [-0.2, 0) is 23.9 Å². The van der Waals surface area contributed by atoms with Gasteiger partial charge in [0.05, 0.1) is 35.2 Å². The average Bonchev–Trinajstić information content (AvgIpc) is 3.73. The van der Waals surface area contributed by atoms with Gasteiger partial charge in [-0.1, -0.05) is 33.6 Å². The summed E-state index contributed by atoms with van der Waals surface area (Å²) >= 11 is 0. The first-order valence-electron chi connectivity index (χ1n) is 19.5. The molecule has 0 saturated heterocycles. The highest BCUT2D eigenvalue weighted by Gasteiger charge is 2.51. The van der Waals surface area contributed by atoms with Gasteiger partial charge in [-0.05, 0) is 61.6 Å². The minimum Gasteiger partial charge on any atom is -0.479 e. The number of aromatic nitrogens is 5. The van der Waals surface area contributed by atoms with Gasteiger partial charge in [0, 0.05) is 67.3 Å². The third-order valence-corrected chi connectivity index (χ3v) is 12.3. The molecule has 4 heterocycles. The number of carboxylic acids is 1. The zero-order valence-electron chi connectivity index (χ0n) is 32.2. The second-order valence-electron chi connectivity index (χ2n) is 16.5. The lowest BCUT2D eigenvalue weighted by molar-refractivity contribution is -0.151. The Morgan fingerprint density at radius 2 is 1.76 bits per heavy atom. The van der Waals surface area contributed by atoms with Gasteiger partial charge in [-0.25, -0.2) is 28.2 Å². The molecule has 2 N–H and O–H groups in total. The average molecular weight is 824 g/mol. The van der Waals surface area contributed by atoms with Gasteiger partial charge in [-0.3, -0.25) is 9.69 Å². The molecule has 3 atom stereocenters. The maximum atomic E-state index is 14.9. The van der Waals surface area contributed by atoms with E-state index in [2.05, 4.69) is 20.4 Å². The third kappa shape index (κ3) is 8.04. The Morgan fingerprint density at radius 1 is 1.03 bits per heavy atom. The molecule has 0 radical (unpaired) electrons. The van der Waals surface area contributed by atoms with Gasteiger partial charge in [-0.15, -0.1) is 0 Å². The number of hydrogen-bond acceptors (Lipinski definition) is 6. The summed E-state index contributed by atoms with van der Waals surface area (Å²) < 4.78 is 116. The quantitative estimate of drug-likeness (QED) is 0.162. The van der Waals surface area contributed by atoms with Gasteiger partial charge in [0.2, 0.25) is 5.92 Å². The fraction of sp³-hybridized carbons (Fsp3) is 0.575. The van der Waals surface area contributed by atoms with Crippen molar-refractivity contribution in [1.82, 2.24) is 34.5 Å². The number of nitrogens with zero attached hydrogens (tertiary/aromatic N) is 6. The van der Waals surface area contributed by atoms with Gasteiger partial charge in [0.25, 0.3) is 5.91 Å². The number of rotatable bonds is 9. The molecule has 2 saturated carbocycles. The van der Waals surface area contributed by atoms with E-state index >= 15 is 0 Å². The summed E-state index contributed by atoms with van der Waals surface area (Å²) in [5.74, 6) is -6.92. The van der Waals surface area contributed by atoms with E-state index in [0.717, 1.165) is 12.6 Å². The fourth-order valence-electron chi connectivity index (χ4n) is 9.35. The lowest BCUT2D eigenvalue weighted by atomic mass is 9.66. The van der Waals surface area contributed by atoms with E-state index < -0.39 is 90.0 Å². The van der Waals surface area contributed by atoms with Crippen LogP contribution in [0.25, 0.3) is 28.0 Å². The molecule has 2 fully saturated rings. The van der Waals surface area contributed by atoms with Crippen LogP contribution in [0.2, 0.25) is 0 Å². The Morgan fingerprint density at radius 3 is 2.40 bits per heavy atom. The molecular formula is C40H45F8N7O3. The second-order valence-corrected chi connectivity index (χ2v) is 16.5. The Hall–Kier alpha value is -4.61. The predicted octanol–water partition coefficient (Wildman–Crippen LogP) is 9.01. The van der Waals surface area contributed by atoms with Crippen molar-refractivity contribution in [1.29, 1.82) is 0 Å². The maximum absolute atomic E-state index is 14.9. The van der Waals surface area contributed by atoms with Crippen LogP contribution in [0, 0.1) is 17.8 Å². The van der Waals surface area contributed by atoms with E-state index in [1.54, 1.807) is 41.3 Å². The number of carbonyl (C=O) groups is 2. The third-order valence-electron chi connectivity index (χ3n) is 12.3. The Labute approximate surface area is 329 Å². The van der Waals surface area contributed by atoms with Crippen molar-refractivity contribution in [3.63, 3.8) is 0 Å². The number of halogens is 8. The highest BCUT2D eigenvalue weighted by atomic mass is 19.4. The van der Waals surface area contributed by atoms with Crippen LogP contribution in [0.5, 0.6) is 0 Å². The number of carbonyl (C=O) groups excluding carboxylic acids is 1. The van der Waals surface area contributed by atoms with Gasteiger partial charge >= 0.3 is 18.3 Å². The SMILES string of the molecule is CC1CCCC(C(NC(=O)c2cnc(-c3cn(C4CCC(F)(F)CC4)c4cc(-n5ncc6c5CCN(CC(F)(F)F)C6)ccc34)nc2C(F)(F)F)(C(=O)O)C(C)C)C1. The lowest BCUT2D eigenvalue weighted by Gasteiger charge is -2.44. The largest absolute Gasteiger partial charge is 0.479 e. The van der Waals surface area contributed by atoms with Crippen LogP contribution < -0.4 is 5.32 Å². The first kappa shape index (κ1) is 41.5. The zero-order valence-corrected chi connectivity index (χ0v) is 32.2. The van der Waals surface area contributed by atoms with Crippen molar-refractivity contribution in [2.75, 3.05) is 13.1 Å². The molecule has 0 bridgehead atoms. The van der Waals surface area contributed by atoms with Crippen LogP contribution in [0.15, 0.2) is 36.8 Å². The maximum Gasteiger partial charge on any atom is 0.434 e. The van der Waals surface area contributed by atoms with Gasteiger partial charge in [0.15, 0.2) is 11.5 Å². The Bertz CT molecular complexity index is 2190. The van der Waals surface area contributed by atoms with E-state index in [1.807, 2.05) is 6.92 Å². The molecule has 3 aliphatic rings. The monoisotopic (exact) mass is 823 g/mol. The van der Waals surface area contributed by atoms with Crippen LogP contribution in [-0.4, -0.2) is 76.9 Å². The molecule has 1 aliphatic heterocycles. The van der Waals surface area contributed by atoms with Gasteiger partial charge in [0.1, 0.15) is 5.54 Å². The van der Waals surface area contributed by atoms with E-state index in [1.165, 1.54) is 17.3 Å². The molecule has 18 heteroatoms. The smallest absolute Gasteiger partial charge is 0.434 e. The minimum atomic E-state index is -5.16. The zero-order chi connectivity index (χ0) is 41.9. The minimum absolute atomic E-state index is 0.0370. The molecule has 10 nitrogen and oxygen atoms in total. The van der Waals surface area contributed by atoms with Gasteiger partial charge < -0.3 is 15.0 Å².